The van der Waals surface area contributed by atoms with Crippen LogP contribution in [0.5, 0.6) is 0 Å². The highest BCUT2D eigenvalue weighted by Gasteiger charge is 2.28. The smallest absolute Gasteiger partial charge is 0.0866 e. The molecule has 2 atom stereocenters. The summed E-state index contributed by atoms with van der Waals surface area (Å²) in [5.41, 5.74) is 3.81. The number of benzene rings is 2. The minimum absolute atomic E-state index is 0.225. The van der Waals surface area contributed by atoms with Gasteiger partial charge in [0, 0.05) is 32.7 Å². The molecule has 122 valence electrons. The predicted molar refractivity (Wildman–Crippen MR) is 92.1 cm³/mol. The minimum atomic E-state index is 0.225. The van der Waals surface area contributed by atoms with E-state index in [1.165, 1.54) is 16.7 Å². The zero-order valence-electron chi connectivity index (χ0n) is 13.7. The van der Waals surface area contributed by atoms with Crippen molar-refractivity contribution in [1.29, 1.82) is 0 Å². The molecule has 0 aromatic heterocycles. The summed E-state index contributed by atoms with van der Waals surface area (Å²) >= 11 is 0. The van der Waals surface area contributed by atoms with Gasteiger partial charge in [-0.15, -0.1) is 0 Å². The van der Waals surface area contributed by atoms with E-state index in [1.807, 2.05) is 0 Å². The first-order valence-corrected chi connectivity index (χ1v) is 8.31. The average Bonchev–Trinajstić information content (AvgIpc) is 3.05. The molecule has 2 aromatic carbocycles. The highest BCUT2D eigenvalue weighted by Crippen LogP contribution is 2.33. The molecule has 1 saturated heterocycles. The summed E-state index contributed by atoms with van der Waals surface area (Å²) in [6.07, 6.45) is 1.35. The highest BCUT2D eigenvalue weighted by molar-refractivity contribution is 5.23. The first-order valence-electron chi connectivity index (χ1n) is 8.31. The average molecular weight is 311 g/mol. The Kier molecular flexibility index (Phi) is 5.81. The second-order valence-corrected chi connectivity index (χ2v) is 6.13. The van der Waals surface area contributed by atoms with E-state index >= 15 is 0 Å². The molecule has 3 nitrogen and oxygen atoms in total. The minimum Gasteiger partial charge on any atom is -0.380 e. The van der Waals surface area contributed by atoms with Crippen LogP contribution in [0.3, 0.4) is 0 Å². The molecule has 0 radical (unpaired) electrons. The number of rotatable bonds is 7. The van der Waals surface area contributed by atoms with Crippen LogP contribution in [-0.4, -0.2) is 20.3 Å². The molecular weight excluding hydrogens is 286 g/mol. The van der Waals surface area contributed by atoms with Crippen molar-refractivity contribution in [2.45, 2.75) is 25.7 Å². The van der Waals surface area contributed by atoms with Gasteiger partial charge in [0.05, 0.1) is 12.7 Å². The van der Waals surface area contributed by atoms with Gasteiger partial charge in [0.25, 0.3) is 0 Å². The Labute approximate surface area is 138 Å². The van der Waals surface area contributed by atoms with Gasteiger partial charge in [-0.1, -0.05) is 54.6 Å². The van der Waals surface area contributed by atoms with Gasteiger partial charge in [0.15, 0.2) is 0 Å². The molecule has 0 amide bonds. The van der Waals surface area contributed by atoms with Crippen molar-refractivity contribution in [2.24, 2.45) is 5.92 Å². The van der Waals surface area contributed by atoms with Crippen LogP contribution in [0, 0.1) is 5.92 Å². The zero-order chi connectivity index (χ0) is 15.9. The Morgan fingerprint density at radius 2 is 1.91 bits per heavy atom. The maximum atomic E-state index is 5.95. The fraction of sp³-hybridized carbons (Fsp3) is 0.400. The van der Waals surface area contributed by atoms with Crippen LogP contribution in [0.15, 0.2) is 54.6 Å². The second-order valence-electron chi connectivity index (χ2n) is 6.13. The summed E-state index contributed by atoms with van der Waals surface area (Å²) < 4.78 is 11.1. The van der Waals surface area contributed by atoms with Crippen molar-refractivity contribution in [3.8, 4) is 0 Å². The van der Waals surface area contributed by atoms with Crippen molar-refractivity contribution in [3.63, 3.8) is 0 Å². The van der Waals surface area contributed by atoms with Crippen molar-refractivity contribution < 1.29 is 9.47 Å². The van der Waals surface area contributed by atoms with E-state index in [4.69, 9.17) is 9.47 Å². The summed E-state index contributed by atoms with van der Waals surface area (Å²) in [6.45, 7) is 3.39. The molecule has 1 aliphatic heterocycles. The Hall–Kier alpha value is -1.68. The molecule has 1 N–H and O–H groups in total. The van der Waals surface area contributed by atoms with E-state index in [9.17, 15) is 0 Å². The van der Waals surface area contributed by atoms with E-state index < -0.39 is 0 Å². The van der Waals surface area contributed by atoms with Gasteiger partial charge in [-0.3, -0.25) is 0 Å². The molecule has 1 heterocycles. The van der Waals surface area contributed by atoms with E-state index in [2.05, 4.69) is 59.9 Å². The molecule has 0 unspecified atom stereocenters. The fourth-order valence-electron chi connectivity index (χ4n) is 3.25. The lowest BCUT2D eigenvalue weighted by molar-refractivity contribution is 0.0904. The molecule has 0 spiro atoms. The molecule has 0 bridgehead atoms. The van der Waals surface area contributed by atoms with Gasteiger partial charge in [-0.2, -0.15) is 0 Å². The first-order chi connectivity index (χ1) is 11.4. The van der Waals surface area contributed by atoms with Gasteiger partial charge < -0.3 is 14.8 Å². The van der Waals surface area contributed by atoms with Gasteiger partial charge in [0.1, 0.15) is 0 Å². The van der Waals surface area contributed by atoms with Crippen LogP contribution in [0.2, 0.25) is 0 Å². The van der Waals surface area contributed by atoms with Crippen LogP contribution in [-0.2, 0) is 22.6 Å². The topological polar surface area (TPSA) is 30.5 Å². The molecule has 23 heavy (non-hydrogen) atoms. The number of hydrogen-bond donors (Lipinski definition) is 1. The molecule has 1 aliphatic rings. The van der Waals surface area contributed by atoms with E-state index in [0.29, 0.717) is 12.5 Å². The zero-order valence-corrected chi connectivity index (χ0v) is 13.7. The SMILES string of the molecule is COCc1cccc(CNC[C@@H]2CCO[C@H]2c2ccccc2)c1. The molecule has 2 aromatic rings. The third-order valence-corrected chi connectivity index (χ3v) is 4.38. The molecule has 0 saturated carbocycles. The molecule has 3 rings (SSSR count). The Balaban J connectivity index is 1.53. The summed E-state index contributed by atoms with van der Waals surface area (Å²) in [4.78, 5) is 0. The van der Waals surface area contributed by atoms with Gasteiger partial charge in [-0.25, -0.2) is 0 Å². The molecule has 1 fully saturated rings. The van der Waals surface area contributed by atoms with Crippen molar-refractivity contribution >= 4 is 0 Å². The van der Waals surface area contributed by atoms with E-state index in [1.54, 1.807) is 7.11 Å². The highest BCUT2D eigenvalue weighted by atomic mass is 16.5. The lowest BCUT2D eigenvalue weighted by Crippen LogP contribution is -2.24. The Morgan fingerprint density at radius 3 is 2.74 bits per heavy atom. The van der Waals surface area contributed by atoms with Crippen LogP contribution < -0.4 is 5.32 Å². The molecule has 3 heteroatoms. The van der Waals surface area contributed by atoms with Crippen molar-refractivity contribution in [2.75, 3.05) is 20.3 Å². The van der Waals surface area contributed by atoms with Crippen LogP contribution >= 0.6 is 0 Å². The van der Waals surface area contributed by atoms with Gasteiger partial charge in [0.2, 0.25) is 0 Å². The third kappa shape index (κ3) is 4.41. The number of hydrogen-bond acceptors (Lipinski definition) is 3. The fourth-order valence-corrected chi connectivity index (χ4v) is 3.25. The third-order valence-electron chi connectivity index (χ3n) is 4.38. The van der Waals surface area contributed by atoms with Crippen LogP contribution in [0.1, 0.15) is 29.2 Å². The monoisotopic (exact) mass is 311 g/mol. The van der Waals surface area contributed by atoms with Crippen molar-refractivity contribution in [1.82, 2.24) is 5.32 Å². The Bertz CT molecular complexity index is 600. The van der Waals surface area contributed by atoms with Crippen molar-refractivity contribution in [3.05, 3.63) is 71.3 Å². The van der Waals surface area contributed by atoms with E-state index in [0.717, 1.165) is 26.1 Å². The largest absolute Gasteiger partial charge is 0.380 e. The maximum Gasteiger partial charge on any atom is 0.0866 e. The van der Waals surface area contributed by atoms with Crippen LogP contribution in [0.25, 0.3) is 0 Å². The molecule has 0 aliphatic carbocycles. The summed E-state index contributed by atoms with van der Waals surface area (Å²) in [5, 5.41) is 3.59. The van der Waals surface area contributed by atoms with Gasteiger partial charge >= 0.3 is 0 Å². The predicted octanol–water partition coefficient (Wildman–Crippen LogP) is 3.70. The quantitative estimate of drug-likeness (QED) is 0.846. The lowest BCUT2D eigenvalue weighted by atomic mass is 9.95. The van der Waals surface area contributed by atoms with E-state index in [-0.39, 0.29) is 6.10 Å². The Morgan fingerprint density at radius 1 is 1.09 bits per heavy atom. The number of nitrogens with one attached hydrogen (secondary N) is 1. The van der Waals surface area contributed by atoms with Gasteiger partial charge in [-0.05, 0) is 23.1 Å². The summed E-state index contributed by atoms with van der Waals surface area (Å²) in [5.74, 6) is 0.541. The summed E-state index contributed by atoms with van der Waals surface area (Å²) in [7, 11) is 1.73. The molecular formula is C20H25NO2. The normalized spacial score (nSPS) is 20.7. The van der Waals surface area contributed by atoms with Crippen LogP contribution in [0.4, 0.5) is 0 Å². The summed E-state index contributed by atoms with van der Waals surface area (Å²) in [6, 6.07) is 19.1. The number of ether oxygens (including phenoxy) is 2. The second kappa shape index (κ2) is 8.25. The lowest BCUT2D eigenvalue weighted by Gasteiger charge is -2.19. The number of methoxy groups -OCH3 is 1. The first kappa shape index (κ1) is 16.2. The standard InChI is InChI=1S/C20H25NO2/c1-22-15-17-7-5-6-16(12-17)13-21-14-19-10-11-23-20(19)18-8-3-2-4-9-18/h2-9,12,19-21H,10-11,13-15H2,1H3/t19-,20-/m0/s1. The maximum absolute atomic E-state index is 5.95.